The van der Waals surface area contributed by atoms with Crippen LogP contribution in [0.5, 0.6) is 5.75 Å². The Morgan fingerprint density at radius 1 is 1.32 bits per heavy atom. The molecule has 3 nitrogen and oxygen atoms in total. The van der Waals surface area contributed by atoms with Crippen LogP contribution in [0.1, 0.15) is 24.8 Å². The molecule has 1 N–H and O–H groups in total. The molecule has 1 aromatic carbocycles. The largest absolute Gasteiger partial charge is 0.490 e. The highest BCUT2D eigenvalue weighted by Gasteiger charge is 2.10. The molecule has 0 amide bonds. The number of rotatable bonds is 7. The van der Waals surface area contributed by atoms with Gasteiger partial charge in [-0.1, -0.05) is 6.07 Å². The third-order valence-electron chi connectivity index (χ3n) is 3.45. The van der Waals surface area contributed by atoms with Gasteiger partial charge in [-0.3, -0.25) is 0 Å². The number of hydrogen-bond acceptors (Lipinski definition) is 3. The van der Waals surface area contributed by atoms with Gasteiger partial charge < -0.3 is 15.0 Å². The van der Waals surface area contributed by atoms with Crippen molar-refractivity contribution in [3.8, 4) is 5.75 Å². The predicted molar refractivity (Wildman–Crippen MR) is 74.9 cm³/mol. The zero-order valence-corrected chi connectivity index (χ0v) is 11.6. The number of ether oxygens (including phenoxy) is 1. The second-order valence-electron chi connectivity index (χ2n) is 5.05. The summed E-state index contributed by atoms with van der Waals surface area (Å²) in [5, 5.41) is 3.00. The average Bonchev–Trinajstić information content (AvgIpc) is 2.90. The molecule has 0 atom stereocenters. The summed E-state index contributed by atoms with van der Waals surface area (Å²) in [5.41, 5.74) is 0.935. The minimum atomic E-state index is -0.270. The Balaban J connectivity index is 1.72. The molecule has 0 bridgehead atoms. The summed E-state index contributed by atoms with van der Waals surface area (Å²) in [6.07, 6.45) is 3.57. The Labute approximate surface area is 114 Å². The standard InChI is InChI=1S/C15H23FN2O/c1-17-12-13-5-6-15(14(16)11-13)19-10-4-9-18-7-2-3-8-18/h5-6,11,17H,2-4,7-10,12H2,1H3. The van der Waals surface area contributed by atoms with E-state index in [0.29, 0.717) is 18.9 Å². The van der Waals surface area contributed by atoms with Crippen molar-refractivity contribution < 1.29 is 9.13 Å². The lowest BCUT2D eigenvalue weighted by Gasteiger charge is -2.14. The van der Waals surface area contributed by atoms with Crippen LogP contribution < -0.4 is 10.1 Å². The molecular weight excluding hydrogens is 243 g/mol. The number of hydrogen-bond donors (Lipinski definition) is 1. The first-order valence-electron chi connectivity index (χ1n) is 7.08. The fourth-order valence-corrected chi connectivity index (χ4v) is 2.45. The Kier molecular flexibility index (Phi) is 5.61. The Hall–Kier alpha value is -1.13. The summed E-state index contributed by atoms with van der Waals surface area (Å²) in [5.74, 6) is 0.0928. The molecule has 0 aromatic heterocycles. The van der Waals surface area contributed by atoms with Crippen molar-refractivity contribution >= 4 is 0 Å². The summed E-state index contributed by atoms with van der Waals surface area (Å²) < 4.78 is 19.2. The predicted octanol–water partition coefficient (Wildman–Crippen LogP) is 2.41. The van der Waals surface area contributed by atoms with Gasteiger partial charge in [0, 0.05) is 13.1 Å². The maximum atomic E-state index is 13.7. The lowest BCUT2D eigenvalue weighted by molar-refractivity contribution is 0.255. The number of halogens is 1. The van der Waals surface area contributed by atoms with Gasteiger partial charge >= 0.3 is 0 Å². The van der Waals surface area contributed by atoms with Crippen LogP contribution in [0.25, 0.3) is 0 Å². The van der Waals surface area contributed by atoms with Crippen molar-refractivity contribution in [1.82, 2.24) is 10.2 Å². The van der Waals surface area contributed by atoms with Gasteiger partial charge in [-0.15, -0.1) is 0 Å². The highest BCUT2D eigenvalue weighted by molar-refractivity contribution is 5.29. The second-order valence-corrected chi connectivity index (χ2v) is 5.05. The highest BCUT2D eigenvalue weighted by Crippen LogP contribution is 2.18. The molecule has 0 unspecified atom stereocenters. The molecule has 4 heteroatoms. The summed E-state index contributed by atoms with van der Waals surface area (Å²) in [7, 11) is 1.85. The normalized spacial score (nSPS) is 15.9. The molecule has 0 radical (unpaired) electrons. The monoisotopic (exact) mass is 266 g/mol. The van der Waals surface area contributed by atoms with Crippen molar-refractivity contribution in [2.45, 2.75) is 25.8 Å². The maximum absolute atomic E-state index is 13.7. The number of benzene rings is 1. The second kappa shape index (κ2) is 7.46. The summed E-state index contributed by atoms with van der Waals surface area (Å²) in [6.45, 7) is 4.71. The van der Waals surface area contributed by atoms with Crippen molar-refractivity contribution in [3.05, 3.63) is 29.6 Å². The van der Waals surface area contributed by atoms with Crippen LogP contribution in [0.4, 0.5) is 4.39 Å². The van der Waals surface area contributed by atoms with E-state index in [1.807, 2.05) is 13.1 Å². The first kappa shape index (κ1) is 14.3. The molecule has 106 valence electrons. The summed E-state index contributed by atoms with van der Waals surface area (Å²) in [4.78, 5) is 2.44. The van der Waals surface area contributed by atoms with Gasteiger partial charge in [0.1, 0.15) is 0 Å². The SMILES string of the molecule is CNCc1ccc(OCCCN2CCCC2)c(F)c1. The lowest BCUT2D eigenvalue weighted by atomic mass is 10.2. The first-order valence-corrected chi connectivity index (χ1v) is 7.08. The van der Waals surface area contributed by atoms with E-state index in [4.69, 9.17) is 4.74 Å². The van der Waals surface area contributed by atoms with E-state index in [2.05, 4.69) is 10.2 Å². The fourth-order valence-electron chi connectivity index (χ4n) is 2.45. The van der Waals surface area contributed by atoms with Gasteiger partial charge in [-0.25, -0.2) is 4.39 Å². The van der Waals surface area contributed by atoms with Gasteiger partial charge in [0.05, 0.1) is 6.61 Å². The molecule has 0 saturated carbocycles. The van der Waals surface area contributed by atoms with Crippen LogP contribution >= 0.6 is 0 Å². The molecular formula is C15H23FN2O. The van der Waals surface area contributed by atoms with Crippen LogP contribution in [0.2, 0.25) is 0 Å². The molecule has 1 fully saturated rings. The van der Waals surface area contributed by atoms with Gasteiger partial charge in [-0.2, -0.15) is 0 Å². The van der Waals surface area contributed by atoms with Crippen molar-refractivity contribution in [1.29, 1.82) is 0 Å². The minimum absolute atomic E-state index is 0.270. The summed E-state index contributed by atoms with van der Waals surface area (Å²) >= 11 is 0. The lowest BCUT2D eigenvalue weighted by Crippen LogP contribution is -2.22. The van der Waals surface area contributed by atoms with E-state index in [1.54, 1.807) is 6.07 Å². The molecule has 0 aliphatic carbocycles. The van der Waals surface area contributed by atoms with E-state index in [0.717, 1.165) is 18.5 Å². The van der Waals surface area contributed by atoms with Crippen molar-refractivity contribution in [3.63, 3.8) is 0 Å². The maximum Gasteiger partial charge on any atom is 0.165 e. The Bertz CT molecular complexity index is 392. The van der Waals surface area contributed by atoms with Gasteiger partial charge in [-0.05, 0) is 57.1 Å². The third-order valence-corrected chi connectivity index (χ3v) is 3.45. The van der Waals surface area contributed by atoms with Crippen LogP contribution in [-0.2, 0) is 6.54 Å². The van der Waals surface area contributed by atoms with E-state index in [-0.39, 0.29) is 5.82 Å². The zero-order valence-electron chi connectivity index (χ0n) is 11.6. The zero-order chi connectivity index (χ0) is 13.5. The minimum Gasteiger partial charge on any atom is -0.490 e. The van der Waals surface area contributed by atoms with Gasteiger partial charge in [0.15, 0.2) is 11.6 Å². The number of nitrogens with zero attached hydrogens (tertiary/aromatic N) is 1. The third kappa shape index (κ3) is 4.48. The molecule has 0 spiro atoms. The summed E-state index contributed by atoms with van der Waals surface area (Å²) in [6, 6.07) is 5.15. The molecule has 2 rings (SSSR count). The van der Waals surface area contributed by atoms with Crippen LogP contribution in [0.15, 0.2) is 18.2 Å². The quantitative estimate of drug-likeness (QED) is 0.767. The molecule has 1 aliphatic heterocycles. The smallest absolute Gasteiger partial charge is 0.165 e. The topological polar surface area (TPSA) is 24.5 Å². The van der Waals surface area contributed by atoms with Crippen LogP contribution in [0.3, 0.4) is 0 Å². The van der Waals surface area contributed by atoms with E-state index < -0.39 is 0 Å². The molecule has 1 heterocycles. The van der Waals surface area contributed by atoms with E-state index >= 15 is 0 Å². The van der Waals surface area contributed by atoms with Crippen LogP contribution in [0, 0.1) is 5.82 Å². The fraction of sp³-hybridized carbons (Fsp3) is 0.600. The van der Waals surface area contributed by atoms with Crippen LogP contribution in [-0.4, -0.2) is 38.2 Å². The number of nitrogens with one attached hydrogen (secondary N) is 1. The molecule has 1 aliphatic rings. The highest BCUT2D eigenvalue weighted by atomic mass is 19.1. The van der Waals surface area contributed by atoms with E-state index in [9.17, 15) is 4.39 Å². The average molecular weight is 266 g/mol. The Morgan fingerprint density at radius 3 is 2.79 bits per heavy atom. The van der Waals surface area contributed by atoms with Gasteiger partial charge in [0.25, 0.3) is 0 Å². The van der Waals surface area contributed by atoms with Gasteiger partial charge in [0.2, 0.25) is 0 Å². The molecule has 1 saturated heterocycles. The molecule has 19 heavy (non-hydrogen) atoms. The number of likely N-dealkylation sites (tertiary alicyclic amines) is 1. The Morgan fingerprint density at radius 2 is 2.11 bits per heavy atom. The molecule has 1 aromatic rings. The van der Waals surface area contributed by atoms with Crippen molar-refractivity contribution in [2.75, 3.05) is 33.3 Å². The van der Waals surface area contributed by atoms with Crippen molar-refractivity contribution in [2.24, 2.45) is 0 Å². The van der Waals surface area contributed by atoms with E-state index in [1.165, 1.54) is 32.0 Å². The first-order chi connectivity index (χ1) is 9.29.